The smallest absolute Gasteiger partial charge is 0.290 e. The van der Waals surface area contributed by atoms with Crippen LogP contribution in [0.3, 0.4) is 0 Å². The van der Waals surface area contributed by atoms with Crippen LogP contribution in [0, 0.1) is 13.8 Å². The van der Waals surface area contributed by atoms with Crippen LogP contribution in [0.4, 0.5) is 0 Å². The molecule has 0 saturated heterocycles. The van der Waals surface area contributed by atoms with Crippen molar-refractivity contribution in [2.75, 3.05) is 0 Å². The summed E-state index contributed by atoms with van der Waals surface area (Å²) in [7, 11) is 0. The van der Waals surface area contributed by atoms with E-state index in [2.05, 4.69) is 35.7 Å². The molecule has 1 heterocycles. The minimum Gasteiger partial charge on any atom is -0.430 e. The van der Waals surface area contributed by atoms with Crippen molar-refractivity contribution in [2.24, 2.45) is 10.7 Å². The number of benzene rings is 1. The molecule has 0 aliphatic rings. The molecule has 0 radical (unpaired) electrons. The van der Waals surface area contributed by atoms with Crippen molar-refractivity contribution in [3.63, 3.8) is 0 Å². The molecular weight excluding hydrogens is 360 g/mol. The lowest BCUT2D eigenvalue weighted by Crippen LogP contribution is -2.21. The summed E-state index contributed by atoms with van der Waals surface area (Å²) in [6, 6.07) is 3.75. The number of carbonyl (C=O) groups is 1. The van der Waals surface area contributed by atoms with Crippen molar-refractivity contribution in [2.45, 2.75) is 46.5 Å². The van der Waals surface area contributed by atoms with Crippen LogP contribution in [0.1, 0.15) is 48.8 Å². The third-order valence-electron chi connectivity index (χ3n) is 4.03. The summed E-state index contributed by atoms with van der Waals surface area (Å²) in [5.74, 6) is 0.720. The fraction of sp³-hybridized carbons (Fsp3) is 0.350. The summed E-state index contributed by atoms with van der Waals surface area (Å²) in [6.07, 6.45) is 4.50. The van der Waals surface area contributed by atoms with E-state index in [9.17, 15) is 4.79 Å². The lowest BCUT2D eigenvalue weighted by atomic mass is 9.93. The first-order chi connectivity index (χ1) is 12.6. The predicted octanol–water partition coefficient (Wildman–Crippen LogP) is 3.20. The lowest BCUT2D eigenvalue weighted by Gasteiger charge is -2.16. The van der Waals surface area contributed by atoms with E-state index in [1.807, 2.05) is 26.0 Å². The number of aromatic nitrogens is 2. The molecule has 0 aliphatic carbocycles. The van der Waals surface area contributed by atoms with Gasteiger partial charge in [0.05, 0.1) is 11.9 Å². The van der Waals surface area contributed by atoms with Gasteiger partial charge in [0.15, 0.2) is 5.84 Å². The van der Waals surface area contributed by atoms with Gasteiger partial charge in [-0.25, -0.2) is 4.98 Å². The fourth-order valence-corrected chi connectivity index (χ4v) is 2.58. The van der Waals surface area contributed by atoms with Gasteiger partial charge >= 0.3 is 0 Å². The number of rotatable bonds is 4. The van der Waals surface area contributed by atoms with Gasteiger partial charge in [-0.1, -0.05) is 26.8 Å². The number of nitrogens with zero attached hydrogens (tertiary/aromatic N) is 3. The zero-order valence-corrected chi connectivity index (χ0v) is 17.1. The predicted molar refractivity (Wildman–Crippen MR) is 110 cm³/mol. The maximum absolute atomic E-state index is 10.7. The van der Waals surface area contributed by atoms with E-state index in [0.29, 0.717) is 17.9 Å². The van der Waals surface area contributed by atoms with E-state index in [-0.39, 0.29) is 16.4 Å². The zero-order valence-electron chi connectivity index (χ0n) is 16.2. The molecule has 0 aliphatic heterocycles. The Hall–Kier alpha value is -2.67. The molecule has 1 aromatic carbocycles. The molecule has 2 N–H and O–H groups in total. The molecule has 0 atom stereocenters. The van der Waals surface area contributed by atoms with Gasteiger partial charge < -0.3 is 15.3 Å². The standard InChI is InChI=1S/C20H24N4O2S/c1-12-9-16(13(2)8-14(12)6-7-25)26-19(27)24-18(21)15-10-23-17(11-22-15)20(3,4)5/h7-11H,6H2,1-5H3,(H2,21,24,27). The SMILES string of the molecule is Cc1cc(OC(=S)N=C(N)c2cnc(C(C)(C)C)cn2)c(C)cc1CC=O. The Kier molecular flexibility index (Phi) is 6.38. The molecular formula is C20H24N4O2S. The first kappa shape index (κ1) is 20.6. The Labute approximate surface area is 164 Å². The minimum atomic E-state index is -0.0960. The fourth-order valence-electron chi connectivity index (χ4n) is 2.39. The average molecular weight is 385 g/mol. The van der Waals surface area contributed by atoms with Crippen LogP contribution >= 0.6 is 12.2 Å². The second-order valence-electron chi connectivity index (χ2n) is 7.32. The van der Waals surface area contributed by atoms with Crippen molar-refractivity contribution in [3.8, 4) is 5.75 Å². The molecule has 7 heteroatoms. The van der Waals surface area contributed by atoms with Gasteiger partial charge in [0.25, 0.3) is 5.17 Å². The van der Waals surface area contributed by atoms with E-state index in [4.69, 9.17) is 22.7 Å². The van der Waals surface area contributed by atoms with Crippen molar-refractivity contribution in [1.29, 1.82) is 0 Å². The molecule has 6 nitrogen and oxygen atoms in total. The first-order valence-corrected chi connectivity index (χ1v) is 8.95. The minimum absolute atomic E-state index is 0.0140. The highest BCUT2D eigenvalue weighted by molar-refractivity contribution is 7.80. The normalized spacial score (nSPS) is 12.0. The number of thiocarbonyl (C=S) groups is 1. The number of amidine groups is 1. The highest BCUT2D eigenvalue weighted by Crippen LogP contribution is 2.23. The Morgan fingerprint density at radius 2 is 1.93 bits per heavy atom. The van der Waals surface area contributed by atoms with Gasteiger partial charge in [0.1, 0.15) is 17.7 Å². The second kappa shape index (κ2) is 8.35. The van der Waals surface area contributed by atoms with Gasteiger partial charge in [-0.3, -0.25) is 4.98 Å². The summed E-state index contributed by atoms with van der Waals surface area (Å²) in [6.45, 7) is 9.97. The Balaban J connectivity index is 2.16. The van der Waals surface area contributed by atoms with Gasteiger partial charge in [-0.15, -0.1) is 0 Å². The Morgan fingerprint density at radius 3 is 2.48 bits per heavy atom. The molecule has 0 unspecified atom stereocenters. The third-order valence-corrected chi connectivity index (χ3v) is 4.20. The maximum atomic E-state index is 10.7. The van der Waals surface area contributed by atoms with Crippen LogP contribution in [0.5, 0.6) is 5.75 Å². The van der Waals surface area contributed by atoms with Crippen molar-refractivity contribution < 1.29 is 9.53 Å². The number of carbonyl (C=O) groups excluding carboxylic acids is 1. The molecule has 2 rings (SSSR count). The largest absolute Gasteiger partial charge is 0.430 e. The van der Waals surface area contributed by atoms with Gasteiger partial charge in [0.2, 0.25) is 0 Å². The molecule has 1 aromatic heterocycles. The van der Waals surface area contributed by atoms with Gasteiger partial charge in [0, 0.05) is 18.0 Å². The van der Waals surface area contributed by atoms with E-state index in [1.54, 1.807) is 12.4 Å². The monoisotopic (exact) mass is 384 g/mol. The summed E-state index contributed by atoms with van der Waals surface area (Å²) in [5.41, 5.74) is 9.95. The number of aldehydes is 1. The van der Waals surface area contributed by atoms with Crippen molar-refractivity contribution >= 4 is 29.5 Å². The highest BCUT2D eigenvalue weighted by atomic mass is 32.1. The molecule has 27 heavy (non-hydrogen) atoms. The molecule has 142 valence electrons. The van der Waals surface area contributed by atoms with Crippen LogP contribution in [0.15, 0.2) is 29.5 Å². The molecule has 0 fully saturated rings. The molecule has 0 amide bonds. The van der Waals surface area contributed by atoms with E-state index >= 15 is 0 Å². The van der Waals surface area contributed by atoms with Crippen molar-refractivity contribution in [1.82, 2.24) is 9.97 Å². The van der Waals surface area contributed by atoms with E-state index in [0.717, 1.165) is 28.7 Å². The number of hydrogen-bond donors (Lipinski definition) is 1. The first-order valence-electron chi connectivity index (χ1n) is 8.54. The van der Waals surface area contributed by atoms with Gasteiger partial charge in [-0.2, -0.15) is 4.99 Å². The number of ether oxygens (including phenoxy) is 1. The van der Waals surface area contributed by atoms with Crippen LogP contribution in [0.25, 0.3) is 0 Å². The van der Waals surface area contributed by atoms with Crippen LogP contribution < -0.4 is 10.5 Å². The molecule has 0 saturated carbocycles. The summed E-state index contributed by atoms with van der Waals surface area (Å²) in [4.78, 5) is 23.5. The molecule has 2 aromatic rings. The van der Waals surface area contributed by atoms with E-state index in [1.165, 1.54) is 0 Å². The average Bonchev–Trinajstić information content (AvgIpc) is 2.58. The lowest BCUT2D eigenvalue weighted by molar-refractivity contribution is -0.107. The number of aliphatic imine (C=N–C) groups is 1. The topological polar surface area (TPSA) is 90.5 Å². The van der Waals surface area contributed by atoms with Crippen LogP contribution in [-0.2, 0) is 16.6 Å². The number of aryl methyl sites for hydroxylation is 2. The van der Waals surface area contributed by atoms with Crippen LogP contribution in [-0.4, -0.2) is 27.3 Å². The summed E-state index contributed by atoms with van der Waals surface area (Å²) >= 11 is 5.19. The zero-order chi connectivity index (χ0) is 20.2. The quantitative estimate of drug-likeness (QED) is 0.377. The number of hydrogen-bond acceptors (Lipinski definition) is 5. The molecule has 0 spiro atoms. The Morgan fingerprint density at radius 1 is 1.22 bits per heavy atom. The van der Waals surface area contributed by atoms with E-state index < -0.39 is 0 Å². The second-order valence-corrected chi connectivity index (χ2v) is 7.67. The number of nitrogens with two attached hydrogens (primary N) is 1. The summed E-state index contributed by atoms with van der Waals surface area (Å²) < 4.78 is 5.66. The summed E-state index contributed by atoms with van der Waals surface area (Å²) in [5, 5.41) is -0.0140. The third kappa shape index (κ3) is 5.40. The van der Waals surface area contributed by atoms with Crippen molar-refractivity contribution in [3.05, 3.63) is 52.6 Å². The van der Waals surface area contributed by atoms with Gasteiger partial charge in [-0.05, 0) is 48.8 Å². The molecule has 0 bridgehead atoms. The highest BCUT2D eigenvalue weighted by Gasteiger charge is 2.16. The van der Waals surface area contributed by atoms with Crippen LogP contribution in [0.2, 0.25) is 0 Å². The Bertz CT molecular complexity index is 884. The maximum Gasteiger partial charge on any atom is 0.290 e.